The average Bonchev–Trinajstić information content (AvgIpc) is 2.61. The minimum absolute atomic E-state index is 0.608. The fourth-order valence-electron chi connectivity index (χ4n) is 1.31. The van der Waals surface area contributed by atoms with Gasteiger partial charge in [0.25, 0.3) is 0 Å². The Kier molecular flexibility index (Phi) is 2.10. The van der Waals surface area contributed by atoms with Crippen LogP contribution in [0.5, 0.6) is 0 Å². The zero-order valence-corrected chi connectivity index (χ0v) is 7.69. The highest BCUT2D eigenvalue weighted by Gasteiger charge is 2.10. The van der Waals surface area contributed by atoms with E-state index in [1.54, 1.807) is 12.4 Å². The highest BCUT2D eigenvalue weighted by Crippen LogP contribution is 2.20. The molecule has 14 heavy (non-hydrogen) atoms. The Bertz CT molecular complexity index is 448. The maximum absolute atomic E-state index is 10.8. The smallest absolute Gasteiger partial charge is 0.154 e. The molecule has 0 bridgehead atoms. The Balaban J connectivity index is 2.57. The van der Waals surface area contributed by atoms with Crippen molar-refractivity contribution < 1.29 is 4.79 Å². The molecule has 0 aliphatic carbocycles. The molecular formula is C10H9N3O. The lowest BCUT2D eigenvalue weighted by atomic mass is 10.1. The summed E-state index contributed by atoms with van der Waals surface area (Å²) in [6, 6.07) is 3.64. The van der Waals surface area contributed by atoms with Crippen LogP contribution in [-0.4, -0.2) is 21.5 Å². The molecule has 4 heteroatoms. The summed E-state index contributed by atoms with van der Waals surface area (Å²) in [5.41, 5.74) is 2.97. The molecule has 2 heterocycles. The van der Waals surface area contributed by atoms with Crippen molar-refractivity contribution in [3.8, 4) is 11.3 Å². The van der Waals surface area contributed by atoms with E-state index in [2.05, 4.69) is 15.2 Å². The van der Waals surface area contributed by atoms with Gasteiger partial charge < -0.3 is 0 Å². The molecule has 0 unspecified atom stereocenters. The molecule has 0 aromatic carbocycles. The Morgan fingerprint density at radius 1 is 1.36 bits per heavy atom. The Morgan fingerprint density at radius 2 is 2.07 bits per heavy atom. The summed E-state index contributed by atoms with van der Waals surface area (Å²) in [6.45, 7) is 1.82. The minimum Gasteiger partial charge on any atom is -0.298 e. The molecule has 0 amide bonds. The second-order valence-electron chi connectivity index (χ2n) is 2.96. The van der Waals surface area contributed by atoms with Crippen molar-refractivity contribution in [1.29, 1.82) is 0 Å². The number of H-pyrrole nitrogens is 1. The second-order valence-corrected chi connectivity index (χ2v) is 2.96. The first-order valence-electron chi connectivity index (χ1n) is 4.23. The monoisotopic (exact) mass is 187 g/mol. The van der Waals surface area contributed by atoms with Crippen molar-refractivity contribution in [1.82, 2.24) is 15.2 Å². The van der Waals surface area contributed by atoms with Gasteiger partial charge in [0.1, 0.15) is 5.69 Å². The van der Waals surface area contributed by atoms with Gasteiger partial charge in [-0.05, 0) is 19.1 Å². The van der Waals surface area contributed by atoms with Gasteiger partial charge in [0.2, 0.25) is 0 Å². The number of hydrogen-bond donors (Lipinski definition) is 1. The van der Waals surface area contributed by atoms with Crippen LogP contribution in [0, 0.1) is 6.92 Å². The summed E-state index contributed by atoms with van der Waals surface area (Å²) in [6.07, 6.45) is 4.16. The van der Waals surface area contributed by atoms with Crippen LogP contribution in [0.1, 0.15) is 16.1 Å². The van der Waals surface area contributed by atoms with Gasteiger partial charge in [0.15, 0.2) is 6.29 Å². The Morgan fingerprint density at radius 3 is 2.71 bits per heavy atom. The third kappa shape index (κ3) is 1.31. The van der Waals surface area contributed by atoms with Gasteiger partial charge in [-0.2, -0.15) is 5.10 Å². The van der Waals surface area contributed by atoms with E-state index in [1.807, 2.05) is 19.1 Å². The first kappa shape index (κ1) is 8.62. The fourth-order valence-corrected chi connectivity index (χ4v) is 1.31. The maximum atomic E-state index is 10.8. The highest BCUT2D eigenvalue weighted by atomic mass is 16.1. The van der Waals surface area contributed by atoms with E-state index in [4.69, 9.17) is 0 Å². The molecule has 2 aromatic heterocycles. The third-order valence-electron chi connectivity index (χ3n) is 2.07. The number of pyridine rings is 1. The molecule has 1 N–H and O–H groups in total. The molecule has 4 nitrogen and oxygen atoms in total. The number of aromatic amines is 1. The van der Waals surface area contributed by atoms with Crippen LogP contribution in [-0.2, 0) is 0 Å². The third-order valence-corrected chi connectivity index (χ3v) is 2.07. The van der Waals surface area contributed by atoms with Gasteiger partial charge in [-0.15, -0.1) is 0 Å². The lowest BCUT2D eigenvalue weighted by Crippen LogP contribution is -1.85. The Hall–Kier alpha value is -1.97. The quantitative estimate of drug-likeness (QED) is 0.726. The zero-order chi connectivity index (χ0) is 9.97. The molecule has 0 saturated heterocycles. The van der Waals surface area contributed by atoms with E-state index in [0.717, 1.165) is 17.5 Å². The van der Waals surface area contributed by atoms with Gasteiger partial charge >= 0.3 is 0 Å². The van der Waals surface area contributed by atoms with Gasteiger partial charge in [-0.1, -0.05) is 0 Å². The number of aldehydes is 1. The van der Waals surface area contributed by atoms with Crippen molar-refractivity contribution in [3.63, 3.8) is 0 Å². The predicted molar refractivity (Wildman–Crippen MR) is 51.9 cm³/mol. The number of carbonyl (C=O) groups is 1. The van der Waals surface area contributed by atoms with E-state index in [-0.39, 0.29) is 0 Å². The number of aryl methyl sites for hydroxylation is 1. The summed E-state index contributed by atoms with van der Waals surface area (Å²) >= 11 is 0. The normalized spacial score (nSPS) is 10.1. The minimum atomic E-state index is 0.608. The second kappa shape index (κ2) is 3.41. The van der Waals surface area contributed by atoms with Crippen LogP contribution in [0.25, 0.3) is 11.3 Å². The summed E-state index contributed by atoms with van der Waals surface area (Å²) in [5, 5.41) is 6.86. The summed E-state index contributed by atoms with van der Waals surface area (Å²) in [7, 11) is 0. The molecule has 0 saturated carbocycles. The van der Waals surface area contributed by atoms with Crippen LogP contribution in [0.15, 0.2) is 24.5 Å². The molecule has 0 radical (unpaired) electrons. The molecule has 0 aliphatic rings. The first-order chi connectivity index (χ1) is 6.83. The molecule has 0 spiro atoms. The molecule has 0 atom stereocenters. The Labute approximate surface area is 81.0 Å². The van der Waals surface area contributed by atoms with E-state index >= 15 is 0 Å². The summed E-state index contributed by atoms with van der Waals surface area (Å²) in [4.78, 5) is 14.7. The maximum Gasteiger partial charge on any atom is 0.154 e. The van der Waals surface area contributed by atoms with Gasteiger partial charge in [-0.25, -0.2) is 0 Å². The summed E-state index contributed by atoms with van der Waals surface area (Å²) in [5.74, 6) is 0. The molecule has 0 fully saturated rings. The topological polar surface area (TPSA) is 58.6 Å². The van der Waals surface area contributed by atoms with Crippen LogP contribution >= 0.6 is 0 Å². The lowest BCUT2D eigenvalue weighted by Gasteiger charge is -1.95. The van der Waals surface area contributed by atoms with Crippen LogP contribution in [0.3, 0.4) is 0 Å². The number of hydrogen-bond acceptors (Lipinski definition) is 3. The molecule has 2 rings (SSSR count). The predicted octanol–water partition coefficient (Wildman–Crippen LogP) is 1.59. The van der Waals surface area contributed by atoms with Crippen LogP contribution in [0.4, 0.5) is 0 Å². The molecule has 2 aromatic rings. The number of aromatic nitrogens is 3. The van der Waals surface area contributed by atoms with Crippen LogP contribution in [0.2, 0.25) is 0 Å². The highest BCUT2D eigenvalue weighted by molar-refractivity contribution is 5.86. The number of nitrogens with zero attached hydrogens (tertiary/aromatic N) is 2. The van der Waals surface area contributed by atoms with Gasteiger partial charge in [-0.3, -0.25) is 14.9 Å². The van der Waals surface area contributed by atoms with Gasteiger partial charge in [0, 0.05) is 23.7 Å². The SMILES string of the molecule is Cc1[nH]nc(-c2ccncc2)c1C=O. The van der Waals surface area contributed by atoms with E-state index in [9.17, 15) is 4.79 Å². The van der Waals surface area contributed by atoms with Crippen molar-refractivity contribution in [2.24, 2.45) is 0 Å². The average molecular weight is 187 g/mol. The lowest BCUT2D eigenvalue weighted by molar-refractivity contribution is 0.112. The largest absolute Gasteiger partial charge is 0.298 e. The van der Waals surface area contributed by atoms with E-state index < -0.39 is 0 Å². The first-order valence-corrected chi connectivity index (χ1v) is 4.23. The van der Waals surface area contributed by atoms with Gasteiger partial charge in [0.05, 0.1) is 5.56 Å². The zero-order valence-electron chi connectivity index (χ0n) is 7.69. The van der Waals surface area contributed by atoms with Crippen molar-refractivity contribution in [2.75, 3.05) is 0 Å². The van der Waals surface area contributed by atoms with Crippen molar-refractivity contribution in [3.05, 3.63) is 35.8 Å². The number of rotatable bonds is 2. The molecule has 0 aliphatic heterocycles. The standard InChI is InChI=1S/C10H9N3O/c1-7-9(6-14)10(13-12-7)8-2-4-11-5-3-8/h2-6H,1H3,(H,12,13). The summed E-state index contributed by atoms with van der Waals surface area (Å²) < 4.78 is 0. The van der Waals surface area contributed by atoms with E-state index in [0.29, 0.717) is 11.3 Å². The molecular weight excluding hydrogens is 178 g/mol. The van der Waals surface area contributed by atoms with E-state index in [1.165, 1.54) is 0 Å². The molecule has 70 valence electrons. The van der Waals surface area contributed by atoms with Crippen LogP contribution < -0.4 is 0 Å². The fraction of sp³-hybridized carbons (Fsp3) is 0.100. The van der Waals surface area contributed by atoms with Crippen molar-refractivity contribution >= 4 is 6.29 Å². The number of nitrogens with one attached hydrogen (secondary N) is 1. The number of carbonyl (C=O) groups excluding carboxylic acids is 1. The van der Waals surface area contributed by atoms with Crippen molar-refractivity contribution in [2.45, 2.75) is 6.92 Å².